The fourth-order valence-electron chi connectivity index (χ4n) is 3.63. The molecule has 2 amide bonds. The Morgan fingerprint density at radius 2 is 1.82 bits per heavy atom. The van der Waals surface area contributed by atoms with Crippen LogP contribution >= 0.6 is 11.3 Å². The van der Waals surface area contributed by atoms with Crippen molar-refractivity contribution in [3.05, 3.63) is 83.5 Å². The number of fused-ring (bicyclic) bond motifs is 2. The highest BCUT2D eigenvalue weighted by atomic mass is 32.1. The van der Waals surface area contributed by atoms with E-state index >= 15 is 0 Å². The van der Waals surface area contributed by atoms with Crippen molar-refractivity contribution in [1.82, 2.24) is 9.97 Å². The molecule has 4 N–H and O–H groups in total. The lowest BCUT2D eigenvalue weighted by atomic mass is 10.0. The number of pyridine rings is 1. The third-order valence-electron chi connectivity index (χ3n) is 5.33. The van der Waals surface area contributed by atoms with Crippen molar-refractivity contribution in [2.45, 2.75) is 0 Å². The van der Waals surface area contributed by atoms with Gasteiger partial charge in [0.2, 0.25) is 5.91 Å². The first-order valence-corrected chi connectivity index (χ1v) is 11.2. The highest BCUT2D eigenvalue weighted by Gasteiger charge is 2.18. The van der Waals surface area contributed by atoms with E-state index in [0.717, 1.165) is 10.2 Å². The second-order valence-corrected chi connectivity index (χ2v) is 8.38. The maximum atomic E-state index is 13.4. The monoisotopic (exact) mass is 469 g/mol. The van der Waals surface area contributed by atoms with Gasteiger partial charge < -0.3 is 21.1 Å². The molecule has 0 saturated carbocycles. The molecular formula is C25H19N5O3S. The molecule has 0 bridgehead atoms. The second kappa shape index (κ2) is 8.80. The average Bonchev–Trinajstić information content (AvgIpc) is 3.32. The summed E-state index contributed by atoms with van der Waals surface area (Å²) in [7, 11) is 1.58. The number of hydrogen-bond acceptors (Lipinski definition) is 7. The fourth-order valence-corrected chi connectivity index (χ4v) is 4.35. The van der Waals surface area contributed by atoms with Gasteiger partial charge in [0.1, 0.15) is 5.75 Å². The third-order valence-corrected chi connectivity index (χ3v) is 6.12. The maximum absolute atomic E-state index is 13.4. The van der Waals surface area contributed by atoms with Crippen LogP contribution in [0.4, 0.5) is 17.1 Å². The molecule has 5 rings (SSSR count). The van der Waals surface area contributed by atoms with E-state index in [4.69, 9.17) is 10.5 Å². The fraction of sp³-hybridized carbons (Fsp3) is 0.0400. The van der Waals surface area contributed by atoms with Gasteiger partial charge in [-0.25, -0.2) is 4.98 Å². The molecule has 0 atom stereocenters. The van der Waals surface area contributed by atoms with Gasteiger partial charge in [-0.2, -0.15) is 0 Å². The van der Waals surface area contributed by atoms with E-state index in [2.05, 4.69) is 20.6 Å². The summed E-state index contributed by atoms with van der Waals surface area (Å²) in [5.41, 5.74) is 11.2. The minimum absolute atomic E-state index is 0.307. The van der Waals surface area contributed by atoms with E-state index in [1.807, 2.05) is 36.4 Å². The summed E-state index contributed by atoms with van der Waals surface area (Å²) >= 11 is 1.50. The molecule has 0 saturated heterocycles. The van der Waals surface area contributed by atoms with Crippen molar-refractivity contribution in [1.29, 1.82) is 0 Å². The van der Waals surface area contributed by atoms with Crippen molar-refractivity contribution in [2.75, 3.05) is 17.7 Å². The Kier molecular flexibility index (Phi) is 5.52. The third kappa shape index (κ3) is 4.12. The summed E-state index contributed by atoms with van der Waals surface area (Å²) in [6.45, 7) is 0. The normalized spacial score (nSPS) is 10.9. The Morgan fingerprint density at radius 3 is 2.65 bits per heavy atom. The lowest BCUT2D eigenvalue weighted by Gasteiger charge is -2.16. The number of primary amides is 1. The maximum Gasteiger partial charge on any atom is 0.259 e. The number of nitrogens with zero attached hydrogens (tertiary/aromatic N) is 2. The van der Waals surface area contributed by atoms with Gasteiger partial charge in [-0.1, -0.05) is 6.07 Å². The van der Waals surface area contributed by atoms with Gasteiger partial charge in [-0.3, -0.25) is 14.6 Å². The number of nitrogens with one attached hydrogen (secondary N) is 2. The standard InChI is InChI=1S/C25H19N5O3S/c1-33-17-4-2-3-15(10-17)29-23-18-9-14(24(26)31)5-7-20(18)27-12-19(23)25(32)30-16-6-8-21-22(11-16)34-13-28-21/h2-13H,1H3,(H2,26,31)(H,27,29)(H,30,32). The number of carbonyl (C=O) groups is 2. The summed E-state index contributed by atoms with van der Waals surface area (Å²) in [6.07, 6.45) is 1.51. The Hall–Kier alpha value is -4.50. The van der Waals surface area contributed by atoms with Crippen LogP contribution in [-0.2, 0) is 0 Å². The van der Waals surface area contributed by atoms with Gasteiger partial charge in [-0.15, -0.1) is 11.3 Å². The summed E-state index contributed by atoms with van der Waals surface area (Å²) in [5.74, 6) is -0.264. The first-order chi connectivity index (χ1) is 16.5. The number of nitrogens with two attached hydrogens (primary N) is 1. The van der Waals surface area contributed by atoms with Crippen LogP contribution in [0.15, 0.2) is 72.4 Å². The summed E-state index contributed by atoms with van der Waals surface area (Å²) in [4.78, 5) is 33.9. The molecule has 168 valence electrons. The molecule has 0 unspecified atom stereocenters. The van der Waals surface area contributed by atoms with E-state index in [-0.39, 0.29) is 5.91 Å². The Labute approximate surface area is 198 Å². The minimum Gasteiger partial charge on any atom is -0.497 e. The number of anilines is 3. The predicted molar refractivity (Wildman–Crippen MR) is 134 cm³/mol. The van der Waals surface area contributed by atoms with Crippen LogP contribution in [0, 0.1) is 0 Å². The van der Waals surface area contributed by atoms with Crippen molar-refractivity contribution in [2.24, 2.45) is 5.73 Å². The quantitative estimate of drug-likeness (QED) is 0.324. The SMILES string of the molecule is COc1cccc(Nc2c(C(=O)Nc3ccc4ncsc4c3)cnc3ccc(C(N)=O)cc23)c1. The van der Waals surface area contributed by atoms with Gasteiger partial charge >= 0.3 is 0 Å². The molecule has 3 aromatic carbocycles. The van der Waals surface area contributed by atoms with Gasteiger partial charge in [0.25, 0.3) is 5.91 Å². The topological polar surface area (TPSA) is 119 Å². The van der Waals surface area contributed by atoms with E-state index in [1.54, 1.807) is 36.9 Å². The van der Waals surface area contributed by atoms with Gasteiger partial charge in [0, 0.05) is 34.6 Å². The van der Waals surface area contributed by atoms with Crippen LogP contribution in [0.1, 0.15) is 20.7 Å². The lowest BCUT2D eigenvalue weighted by Crippen LogP contribution is -2.15. The first kappa shape index (κ1) is 21.4. The number of benzene rings is 3. The highest BCUT2D eigenvalue weighted by Crippen LogP contribution is 2.32. The Bertz CT molecular complexity index is 1560. The zero-order valence-electron chi connectivity index (χ0n) is 18.0. The average molecular weight is 470 g/mol. The number of methoxy groups -OCH3 is 1. The molecule has 0 aliphatic heterocycles. The van der Waals surface area contributed by atoms with Crippen LogP contribution in [0.25, 0.3) is 21.1 Å². The molecule has 5 aromatic rings. The first-order valence-electron chi connectivity index (χ1n) is 10.3. The van der Waals surface area contributed by atoms with Crippen LogP contribution in [0.5, 0.6) is 5.75 Å². The summed E-state index contributed by atoms with van der Waals surface area (Å²) < 4.78 is 6.29. The number of carbonyl (C=O) groups excluding carboxylic acids is 2. The predicted octanol–water partition coefficient (Wildman–Crippen LogP) is 4.95. The number of ether oxygens (including phenoxy) is 1. The molecule has 0 radical (unpaired) electrons. The number of aromatic nitrogens is 2. The molecule has 0 spiro atoms. The smallest absolute Gasteiger partial charge is 0.259 e. The van der Waals surface area contributed by atoms with Crippen LogP contribution in [0.2, 0.25) is 0 Å². The molecule has 0 aliphatic carbocycles. The Morgan fingerprint density at radius 1 is 0.971 bits per heavy atom. The van der Waals surface area contributed by atoms with E-state index in [9.17, 15) is 9.59 Å². The molecule has 0 fully saturated rings. The molecule has 0 aliphatic rings. The van der Waals surface area contributed by atoms with Gasteiger partial charge in [0.15, 0.2) is 0 Å². The van der Waals surface area contributed by atoms with E-state index in [1.165, 1.54) is 17.5 Å². The van der Waals surface area contributed by atoms with Crippen molar-refractivity contribution in [3.63, 3.8) is 0 Å². The number of amides is 2. The van der Waals surface area contributed by atoms with Crippen molar-refractivity contribution < 1.29 is 14.3 Å². The highest BCUT2D eigenvalue weighted by molar-refractivity contribution is 7.16. The van der Waals surface area contributed by atoms with Crippen LogP contribution in [0.3, 0.4) is 0 Å². The molecule has 8 nitrogen and oxygen atoms in total. The number of rotatable bonds is 6. The largest absolute Gasteiger partial charge is 0.497 e. The summed E-state index contributed by atoms with van der Waals surface area (Å²) in [5, 5.41) is 6.83. The van der Waals surface area contributed by atoms with Crippen molar-refractivity contribution in [3.8, 4) is 5.75 Å². The van der Waals surface area contributed by atoms with Gasteiger partial charge in [-0.05, 0) is 48.5 Å². The van der Waals surface area contributed by atoms with E-state index < -0.39 is 5.91 Å². The van der Waals surface area contributed by atoms with Crippen LogP contribution < -0.4 is 21.1 Å². The molecule has 9 heteroatoms. The van der Waals surface area contributed by atoms with Crippen LogP contribution in [-0.4, -0.2) is 28.9 Å². The Balaban J connectivity index is 1.60. The molecular weight excluding hydrogens is 450 g/mol. The van der Waals surface area contributed by atoms with Gasteiger partial charge in [0.05, 0.1) is 39.6 Å². The lowest BCUT2D eigenvalue weighted by molar-refractivity contribution is 0.0998. The summed E-state index contributed by atoms with van der Waals surface area (Å²) in [6, 6.07) is 17.8. The molecule has 2 heterocycles. The zero-order chi connectivity index (χ0) is 23.7. The second-order valence-electron chi connectivity index (χ2n) is 7.49. The molecule has 34 heavy (non-hydrogen) atoms. The van der Waals surface area contributed by atoms with Crippen molar-refractivity contribution >= 4 is 61.3 Å². The minimum atomic E-state index is -0.568. The van der Waals surface area contributed by atoms with E-state index in [0.29, 0.717) is 44.8 Å². The number of thiazole rings is 1. The zero-order valence-corrected chi connectivity index (χ0v) is 18.8. The molecule has 2 aromatic heterocycles. The number of hydrogen-bond donors (Lipinski definition) is 3.